The fourth-order valence-electron chi connectivity index (χ4n) is 2.40. The Kier molecular flexibility index (Phi) is 5.21. The van der Waals surface area contributed by atoms with Gasteiger partial charge in [0.1, 0.15) is 5.75 Å². The van der Waals surface area contributed by atoms with Crippen LogP contribution in [-0.2, 0) is 12.8 Å². The first-order chi connectivity index (χ1) is 10.5. The number of carbonyl (C=O) groups is 1. The lowest BCUT2D eigenvalue weighted by molar-refractivity contribution is 0.0817. The van der Waals surface area contributed by atoms with E-state index in [1.807, 2.05) is 12.1 Å². The number of hydrogen-bond acceptors (Lipinski definition) is 3. The fraction of sp³-hybridized carbons (Fsp3) is 0.316. The molecule has 0 bridgehead atoms. The minimum absolute atomic E-state index is 0.0176. The van der Waals surface area contributed by atoms with Crippen LogP contribution in [0.3, 0.4) is 0 Å². The van der Waals surface area contributed by atoms with Crippen LogP contribution in [0.4, 0.5) is 5.69 Å². The lowest BCUT2D eigenvalue weighted by Crippen LogP contribution is -2.25. The monoisotopic (exact) mass is 297 g/mol. The molecular weight excluding hydrogens is 274 g/mol. The Hall–Kier alpha value is -2.29. The molecule has 0 heterocycles. The zero-order chi connectivity index (χ0) is 16.1. The van der Waals surface area contributed by atoms with E-state index in [4.69, 9.17) is 10.5 Å². The average Bonchev–Trinajstić information content (AvgIpc) is 2.55. The van der Waals surface area contributed by atoms with Crippen molar-refractivity contribution < 1.29 is 9.53 Å². The Bertz CT molecular complexity index is 647. The predicted octanol–water partition coefficient (Wildman–Crippen LogP) is 4.04. The number of aryl methyl sites for hydroxylation is 2. The minimum Gasteiger partial charge on any atom is -0.483 e. The highest BCUT2D eigenvalue weighted by Crippen LogP contribution is 2.20. The van der Waals surface area contributed by atoms with E-state index in [1.165, 1.54) is 5.56 Å². The third-order valence-electron chi connectivity index (χ3n) is 3.79. The predicted molar refractivity (Wildman–Crippen MR) is 90.5 cm³/mol. The largest absolute Gasteiger partial charge is 0.483 e. The van der Waals surface area contributed by atoms with Crippen LogP contribution in [0.1, 0.15) is 42.3 Å². The van der Waals surface area contributed by atoms with Gasteiger partial charge in [0.05, 0.1) is 0 Å². The van der Waals surface area contributed by atoms with Crippen molar-refractivity contribution in [3.05, 3.63) is 59.2 Å². The molecule has 0 radical (unpaired) electrons. The molecule has 0 fully saturated rings. The molecule has 22 heavy (non-hydrogen) atoms. The summed E-state index contributed by atoms with van der Waals surface area (Å²) in [6.07, 6.45) is 1.22. The van der Waals surface area contributed by atoms with E-state index in [0.29, 0.717) is 11.4 Å². The Balaban J connectivity index is 2.21. The minimum atomic E-state index is -0.527. The van der Waals surface area contributed by atoms with Gasteiger partial charge in [-0.2, -0.15) is 0 Å². The molecule has 2 N–H and O–H groups in total. The Labute approximate surface area is 132 Å². The zero-order valence-corrected chi connectivity index (χ0v) is 13.4. The summed E-state index contributed by atoms with van der Waals surface area (Å²) in [5.41, 5.74) is 9.33. The number of anilines is 1. The van der Waals surface area contributed by atoms with Gasteiger partial charge in [0, 0.05) is 11.3 Å². The highest BCUT2D eigenvalue weighted by Gasteiger charge is 2.19. The van der Waals surface area contributed by atoms with Crippen molar-refractivity contribution in [2.75, 3.05) is 5.73 Å². The van der Waals surface area contributed by atoms with Crippen molar-refractivity contribution in [3.63, 3.8) is 0 Å². The van der Waals surface area contributed by atoms with E-state index in [-0.39, 0.29) is 5.78 Å². The molecule has 0 amide bonds. The smallest absolute Gasteiger partial charge is 0.203 e. The molecule has 1 atom stereocenters. The first kappa shape index (κ1) is 16.1. The van der Waals surface area contributed by atoms with Crippen LogP contribution in [0.25, 0.3) is 0 Å². The summed E-state index contributed by atoms with van der Waals surface area (Å²) in [5.74, 6) is 0.670. The van der Waals surface area contributed by atoms with Gasteiger partial charge in [-0.1, -0.05) is 26.0 Å². The van der Waals surface area contributed by atoms with E-state index in [2.05, 4.69) is 19.9 Å². The molecule has 2 rings (SSSR count). The average molecular weight is 297 g/mol. The van der Waals surface area contributed by atoms with Crippen molar-refractivity contribution >= 4 is 11.5 Å². The molecule has 3 nitrogen and oxygen atoms in total. The van der Waals surface area contributed by atoms with E-state index in [0.717, 1.165) is 24.0 Å². The maximum absolute atomic E-state index is 12.7. The van der Waals surface area contributed by atoms with Gasteiger partial charge < -0.3 is 10.5 Å². The van der Waals surface area contributed by atoms with Crippen LogP contribution >= 0.6 is 0 Å². The summed E-state index contributed by atoms with van der Waals surface area (Å²) < 4.78 is 5.75. The van der Waals surface area contributed by atoms with E-state index in [9.17, 15) is 4.79 Å². The molecule has 0 aliphatic rings. The van der Waals surface area contributed by atoms with Crippen molar-refractivity contribution in [1.82, 2.24) is 0 Å². The molecule has 0 saturated heterocycles. The topological polar surface area (TPSA) is 52.3 Å². The van der Waals surface area contributed by atoms with Gasteiger partial charge in [-0.05, 0) is 61.2 Å². The van der Waals surface area contributed by atoms with Crippen molar-refractivity contribution in [2.24, 2.45) is 0 Å². The number of ketones is 1. The fourth-order valence-corrected chi connectivity index (χ4v) is 2.40. The number of nitrogen functional groups attached to an aromatic ring is 1. The number of Topliss-reactive ketones (excluding diaryl/α,β-unsaturated/α-hetero) is 1. The highest BCUT2D eigenvalue weighted by molar-refractivity contribution is 6.00. The first-order valence-electron chi connectivity index (χ1n) is 7.73. The van der Waals surface area contributed by atoms with Crippen LogP contribution < -0.4 is 10.5 Å². The van der Waals surface area contributed by atoms with Gasteiger partial charge in [-0.15, -0.1) is 0 Å². The summed E-state index contributed by atoms with van der Waals surface area (Å²) in [4.78, 5) is 12.7. The van der Waals surface area contributed by atoms with Gasteiger partial charge >= 0.3 is 0 Å². The summed E-state index contributed by atoms with van der Waals surface area (Å²) in [6.45, 7) is 5.93. The molecule has 2 aromatic rings. The Morgan fingerprint density at radius 3 is 2.36 bits per heavy atom. The second-order valence-electron chi connectivity index (χ2n) is 5.39. The van der Waals surface area contributed by atoms with Gasteiger partial charge in [0.25, 0.3) is 0 Å². The molecule has 0 aliphatic heterocycles. The number of ether oxygens (including phenoxy) is 1. The summed E-state index contributed by atoms with van der Waals surface area (Å²) in [7, 11) is 0. The molecule has 0 aliphatic carbocycles. The van der Waals surface area contributed by atoms with Crippen molar-refractivity contribution in [1.29, 1.82) is 0 Å². The Morgan fingerprint density at radius 2 is 1.77 bits per heavy atom. The molecule has 116 valence electrons. The number of benzene rings is 2. The molecule has 2 aromatic carbocycles. The van der Waals surface area contributed by atoms with Crippen LogP contribution in [0.5, 0.6) is 5.75 Å². The Morgan fingerprint density at radius 1 is 1.09 bits per heavy atom. The molecule has 0 saturated carbocycles. The first-order valence-corrected chi connectivity index (χ1v) is 7.73. The molecule has 0 spiro atoms. The molecular formula is C19H23NO2. The normalized spacial score (nSPS) is 12.0. The van der Waals surface area contributed by atoms with Crippen LogP contribution in [0.2, 0.25) is 0 Å². The third kappa shape index (κ3) is 3.67. The van der Waals surface area contributed by atoms with Crippen LogP contribution in [-0.4, -0.2) is 11.9 Å². The molecule has 3 heteroatoms. The van der Waals surface area contributed by atoms with E-state index >= 15 is 0 Å². The number of nitrogens with two attached hydrogens (primary N) is 1. The van der Waals surface area contributed by atoms with Gasteiger partial charge in [0.15, 0.2) is 6.10 Å². The lowest BCUT2D eigenvalue weighted by atomic mass is 9.96. The number of rotatable bonds is 6. The standard InChI is InChI=1S/C19H23NO2/c1-4-14-6-7-15(5-2)18(12-14)19(21)13(3)22-17-10-8-16(20)9-11-17/h6-13H,4-5,20H2,1-3H3. The van der Waals surface area contributed by atoms with Gasteiger partial charge in [0.2, 0.25) is 5.78 Å². The number of hydrogen-bond donors (Lipinski definition) is 1. The quantitative estimate of drug-likeness (QED) is 0.646. The zero-order valence-electron chi connectivity index (χ0n) is 13.4. The van der Waals surface area contributed by atoms with Crippen molar-refractivity contribution in [3.8, 4) is 5.75 Å². The second kappa shape index (κ2) is 7.12. The summed E-state index contributed by atoms with van der Waals surface area (Å²) in [5, 5.41) is 0. The summed E-state index contributed by atoms with van der Waals surface area (Å²) >= 11 is 0. The highest BCUT2D eigenvalue weighted by atomic mass is 16.5. The second-order valence-corrected chi connectivity index (χ2v) is 5.39. The maximum atomic E-state index is 12.7. The van der Waals surface area contributed by atoms with Crippen molar-refractivity contribution in [2.45, 2.75) is 39.7 Å². The number of carbonyl (C=O) groups excluding carboxylic acids is 1. The van der Waals surface area contributed by atoms with E-state index in [1.54, 1.807) is 31.2 Å². The summed E-state index contributed by atoms with van der Waals surface area (Å²) in [6, 6.07) is 13.2. The third-order valence-corrected chi connectivity index (χ3v) is 3.79. The molecule has 0 aromatic heterocycles. The maximum Gasteiger partial charge on any atom is 0.203 e. The van der Waals surface area contributed by atoms with E-state index < -0.39 is 6.10 Å². The van der Waals surface area contributed by atoms with Gasteiger partial charge in [-0.25, -0.2) is 0 Å². The SMILES string of the molecule is CCc1ccc(CC)c(C(=O)C(C)Oc2ccc(N)cc2)c1. The lowest BCUT2D eigenvalue weighted by Gasteiger charge is -2.16. The molecule has 1 unspecified atom stereocenters. The van der Waals surface area contributed by atoms with Crippen LogP contribution in [0.15, 0.2) is 42.5 Å². The van der Waals surface area contributed by atoms with Gasteiger partial charge in [-0.3, -0.25) is 4.79 Å². The van der Waals surface area contributed by atoms with Crippen LogP contribution in [0, 0.1) is 0 Å².